The lowest BCUT2D eigenvalue weighted by atomic mass is 9.68. The Bertz CT molecular complexity index is 1050. The molecule has 2 aromatic rings. The Balaban J connectivity index is 1.43. The van der Waals surface area contributed by atoms with E-state index in [2.05, 4.69) is 22.1 Å². The molecule has 166 valence electrons. The van der Waals surface area contributed by atoms with Crippen LogP contribution in [0.1, 0.15) is 31.2 Å². The van der Waals surface area contributed by atoms with Crippen LogP contribution in [0.4, 0.5) is 5.82 Å². The molecule has 1 aromatic heterocycles. The van der Waals surface area contributed by atoms with Gasteiger partial charge in [-0.3, -0.25) is 4.79 Å². The van der Waals surface area contributed by atoms with E-state index in [0.717, 1.165) is 43.9 Å². The van der Waals surface area contributed by atoms with Crippen molar-refractivity contribution in [2.75, 3.05) is 37.3 Å². The van der Waals surface area contributed by atoms with E-state index in [1.807, 2.05) is 24.3 Å². The molecular weight excluding hydrogens is 434 g/mol. The van der Waals surface area contributed by atoms with Gasteiger partial charge in [0.15, 0.2) is 9.84 Å². The molecular formula is C23H28ClN3O3S. The van der Waals surface area contributed by atoms with Crippen LogP contribution < -0.4 is 10.2 Å². The summed E-state index contributed by atoms with van der Waals surface area (Å²) in [7, 11) is -3.26. The van der Waals surface area contributed by atoms with Gasteiger partial charge in [-0.25, -0.2) is 13.4 Å². The van der Waals surface area contributed by atoms with E-state index in [4.69, 9.17) is 11.6 Å². The highest BCUT2D eigenvalue weighted by Gasteiger charge is 2.48. The maximum atomic E-state index is 13.6. The minimum Gasteiger partial charge on any atom is -0.357 e. The van der Waals surface area contributed by atoms with Gasteiger partial charge in [-0.1, -0.05) is 30.7 Å². The van der Waals surface area contributed by atoms with Gasteiger partial charge in [0.05, 0.1) is 4.90 Å². The second-order valence-electron chi connectivity index (χ2n) is 8.90. The minimum absolute atomic E-state index is 0.0197. The van der Waals surface area contributed by atoms with Gasteiger partial charge in [0.2, 0.25) is 0 Å². The Kier molecular flexibility index (Phi) is 6.12. The number of piperidine rings is 1. The van der Waals surface area contributed by atoms with Crippen LogP contribution in [-0.2, 0) is 14.6 Å². The number of ketones is 1. The molecule has 31 heavy (non-hydrogen) atoms. The molecule has 0 aliphatic carbocycles. The van der Waals surface area contributed by atoms with Crippen molar-refractivity contribution in [2.45, 2.75) is 30.6 Å². The highest BCUT2D eigenvalue weighted by atomic mass is 35.5. The number of nitrogens with one attached hydrogen (secondary N) is 1. The largest absolute Gasteiger partial charge is 0.357 e. The average molecular weight is 462 g/mol. The van der Waals surface area contributed by atoms with Crippen LogP contribution in [0.25, 0.3) is 0 Å². The first-order chi connectivity index (χ1) is 14.7. The normalized spacial score (nSPS) is 25.0. The number of pyridine rings is 1. The van der Waals surface area contributed by atoms with E-state index in [-0.39, 0.29) is 16.7 Å². The molecule has 0 unspecified atom stereocenters. The van der Waals surface area contributed by atoms with E-state index in [1.54, 1.807) is 12.1 Å². The van der Waals surface area contributed by atoms with Crippen LogP contribution >= 0.6 is 11.6 Å². The number of hydrogen-bond donors (Lipinski definition) is 1. The first kappa shape index (κ1) is 22.2. The van der Waals surface area contributed by atoms with Crippen molar-refractivity contribution < 1.29 is 13.2 Å². The fraction of sp³-hybridized carbons (Fsp3) is 0.478. The molecule has 0 bridgehead atoms. The molecule has 0 spiro atoms. The standard InChI is InChI=1S/C23H28ClN3O3S/c1-23(15-25-14-20(23)16-3-5-18(24)6-4-16)22(28)17-9-11-27(12-10-17)21-8-7-19(13-26-21)31(2,29)30/h3-8,13,17,20,25H,9-12,14-15H2,1-2H3/t20-,23-/m1/s1. The lowest BCUT2D eigenvalue weighted by molar-refractivity contribution is -0.132. The Hall–Kier alpha value is -1.96. The summed E-state index contributed by atoms with van der Waals surface area (Å²) >= 11 is 6.05. The fourth-order valence-electron chi connectivity index (χ4n) is 4.88. The van der Waals surface area contributed by atoms with Crippen molar-refractivity contribution in [3.05, 3.63) is 53.2 Å². The van der Waals surface area contributed by atoms with Crippen molar-refractivity contribution in [1.82, 2.24) is 10.3 Å². The first-order valence-electron chi connectivity index (χ1n) is 10.6. The Morgan fingerprint density at radius 3 is 2.42 bits per heavy atom. The maximum absolute atomic E-state index is 13.6. The van der Waals surface area contributed by atoms with Crippen molar-refractivity contribution in [3.63, 3.8) is 0 Å². The van der Waals surface area contributed by atoms with Crippen LogP contribution in [0.5, 0.6) is 0 Å². The summed E-state index contributed by atoms with van der Waals surface area (Å²) in [6, 6.07) is 11.2. The smallest absolute Gasteiger partial charge is 0.177 e. The molecule has 0 amide bonds. The number of anilines is 1. The zero-order valence-electron chi connectivity index (χ0n) is 17.8. The number of halogens is 1. The summed E-state index contributed by atoms with van der Waals surface area (Å²) in [5.41, 5.74) is 0.716. The number of carbonyl (C=O) groups excluding carboxylic acids is 1. The number of hydrogen-bond acceptors (Lipinski definition) is 6. The summed E-state index contributed by atoms with van der Waals surface area (Å²) in [4.78, 5) is 20.3. The van der Waals surface area contributed by atoms with E-state index in [0.29, 0.717) is 17.4 Å². The monoisotopic (exact) mass is 461 g/mol. The Morgan fingerprint density at radius 2 is 1.84 bits per heavy atom. The molecule has 3 heterocycles. The highest BCUT2D eigenvalue weighted by molar-refractivity contribution is 7.90. The van der Waals surface area contributed by atoms with Gasteiger partial charge < -0.3 is 10.2 Å². The van der Waals surface area contributed by atoms with Crippen LogP contribution in [-0.4, -0.2) is 51.6 Å². The van der Waals surface area contributed by atoms with Gasteiger partial charge in [-0.15, -0.1) is 0 Å². The van der Waals surface area contributed by atoms with E-state index < -0.39 is 15.3 Å². The third-order valence-electron chi connectivity index (χ3n) is 6.78. The molecule has 2 saturated heterocycles. The number of aromatic nitrogens is 1. The summed E-state index contributed by atoms with van der Waals surface area (Å²) in [5, 5.41) is 4.13. The quantitative estimate of drug-likeness (QED) is 0.735. The molecule has 1 aromatic carbocycles. The van der Waals surface area contributed by atoms with Crippen molar-refractivity contribution in [2.24, 2.45) is 11.3 Å². The lowest BCUT2D eigenvalue weighted by Crippen LogP contribution is -2.44. The van der Waals surface area contributed by atoms with Gasteiger partial charge in [-0.05, 0) is 42.7 Å². The SMILES string of the molecule is C[C@@]1(C(=O)C2CCN(c3ccc(S(C)(=O)=O)cn3)CC2)CNC[C@@H]1c1ccc(Cl)cc1. The predicted molar refractivity (Wildman–Crippen MR) is 122 cm³/mol. The molecule has 2 atom stereocenters. The predicted octanol–water partition coefficient (Wildman–Crippen LogP) is 3.32. The topological polar surface area (TPSA) is 79.4 Å². The molecule has 6 nitrogen and oxygen atoms in total. The maximum Gasteiger partial charge on any atom is 0.177 e. The van der Waals surface area contributed by atoms with Crippen molar-refractivity contribution >= 4 is 33.0 Å². The zero-order chi connectivity index (χ0) is 22.2. The third-order valence-corrected chi connectivity index (χ3v) is 8.13. The minimum atomic E-state index is -3.26. The third kappa shape index (κ3) is 4.49. The number of rotatable bonds is 5. The molecule has 0 radical (unpaired) electrons. The molecule has 2 fully saturated rings. The van der Waals surface area contributed by atoms with Gasteiger partial charge >= 0.3 is 0 Å². The molecule has 2 aliphatic rings. The molecule has 1 N–H and O–H groups in total. The zero-order valence-corrected chi connectivity index (χ0v) is 19.4. The number of carbonyl (C=O) groups is 1. The van der Waals surface area contributed by atoms with E-state index in [9.17, 15) is 13.2 Å². The van der Waals surface area contributed by atoms with Crippen LogP contribution in [0.2, 0.25) is 5.02 Å². The second-order valence-corrected chi connectivity index (χ2v) is 11.4. The van der Waals surface area contributed by atoms with Crippen LogP contribution in [0.15, 0.2) is 47.5 Å². The first-order valence-corrected chi connectivity index (χ1v) is 12.9. The summed E-state index contributed by atoms with van der Waals surface area (Å²) in [6.07, 6.45) is 4.13. The number of nitrogens with zero attached hydrogens (tertiary/aromatic N) is 2. The number of Topliss-reactive ketones (excluding diaryl/α,β-unsaturated/α-hetero) is 1. The van der Waals surface area contributed by atoms with Crippen LogP contribution in [0.3, 0.4) is 0 Å². The average Bonchev–Trinajstić information content (AvgIpc) is 3.16. The molecule has 4 rings (SSSR count). The fourth-order valence-corrected chi connectivity index (χ4v) is 5.57. The number of benzene rings is 1. The van der Waals surface area contributed by atoms with E-state index >= 15 is 0 Å². The van der Waals surface area contributed by atoms with Crippen LogP contribution in [0, 0.1) is 11.3 Å². The summed E-state index contributed by atoms with van der Waals surface area (Å²) < 4.78 is 23.3. The van der Waals surface area contributed by atoms with Gasteiger partial charge in [-0.2, -0.15) is 0 Å². The van der Waals surface area contributed by atoms with Gasteiger partial charge in [0.25, 0.3) is 0 Å². The molecule has 2 aliphatic heterocycles. The Labute approximate surface area is 188 Å². The number of sulfone groups is 1. The lowest BCUT2D eigenvalue weighted by Gasteiger charge is -2.37. The summed E-state index contributed by atoms with van der Waals surface area (Å²) in [6.45, 7) is 5.03. The Morgan fingerprint density at radius 1 is 1.16 bits per heavy atom. The second kappa shape index (κ2) is 8.52. The van der Waals surface area contributed by atoms with Crippen molar-refractivity contribution in [3.8, 4) is 0 Å². The van der Waals surface area contributed by atoms with Gasteiger partial charge in [0, 0.05) is 60.9 Å². The summed E-state index contributed by atoms with van der Waals surface area (Å²) in [5.74, 6) is 1.25. The highest BCUT2D eigenvalue weighted by Crippen LogP contribution is 2.43. The van der Waals surface area contributed by atoms with Gasteiger partial charge in [0.1, 0.15) is 11.6 Å². The molecule has 0 saturated carbocycles. The van der Waals surface area contributed by atoms with E-state index in [1.165, 1.54) is 12.5 Å². The van der Waals surface area contributed by atoms with Crippen molar-refractivity contribution in [1.29, 1.82) is 0 Å². The molecule has 8 heteroatoms.